The summed E-state index contributed by atoms with van der Waals surface area (Å²) in [5, 5.41) is 12.3. The summed E-state index contributed by atoms with van der Waals surface area (Å²) in [7, 11) is 1.95. The number of rotatable bonds is 4. The van der Waals surface area contributed by atoms with Gasteiger partial charge in [-0.15, -0.1) is 0 Å². The predicted octanol–water partition coefficient (Wildman–Crippen LogP) is 1.01. The maximum absolute atomic E-state index is 9.14. The highest BCUT2D eigenvalue weighted by molar-refractivity contribution is 5.47. The van der Waals surface area contributed by atoms with Gasteiger partial charge in [0.05, 0.1) is 0 Å². The number of aromatic nitrogens is 1. The molecule has 94 valence electrons. The van der Waals surface area contributed by atoms with Gasteiger partial charge in [0.2, 0.25) is 0 Å². The highest BCUT2D eigenvalue weighted by Crippen LogP contribution is 2.24. The quantitative estimate of drug-likeness (QED) is 0.817. The zero-order chi connectivity index (χ0) is 12.1. The number of nitrogens with zero attached hydrogens (tertiary/aromatic N) is 2. The van der Waals surface area contributed by atoms with Crippen LogP contribution in [0.3, 0.4) is 0 Å². The first-order chi connectivity index (χ1) is 8.35. The Hall–Kier alpha value is -1.13. The van der Waals surface area contributed by atoms with Crippen LogP contribution in [0.2, 0.25) is 0 Å². The molecule has 0 aliphatic carbocycles. The lowest BCUT2D eigenvalue weighted by molar-refractivity contribution is 0.202. The van der Waals surface area contributed by atoms with Crippen LogP contribution < -0.4 is 10.2 Å². The Bertz CT molecular complexity index is 348. The summed E-state index contributed by atoms with van der Waals surface area (Å²) in [6.45, 7) is 3.17. The smallest absolute Gasteiger partial charge is 0.133 e. The van der Waals surface area contributed by atoms with Crippen LogP contribution in [0.25, 0.3) is 0 Å². The van der Waals surface area contributed by atoms with Gasteiger partial charge in [0.25, 0.3) is 0 Å². The minimum atomic E-state index is 0.319. The van der Waals surface area contributed by atoms with Crippen LogP contribution in [0.15, 0.2) is 18.3 Å². The molecular formula is C13H21N3O. The first-order valence-corrected chi connectivity index (χ1v) is 6.29. The van der Waals surface area contributed by atoms with Gasteiger partial charge in [-0.1, -0.05) is 6.07 Å². The summed E-state index contributed by atoms with van der Waals surface area (Å²) in [6.07, 6.45) is 3.98. The van der Waals surface area contributed by atoms with Crippen molar-refractivity contribution < 1.29 is 5.11 Å². The van der Waals surface area contributed by atoms with Crippen LogP contribution in [0, 0.1) is 5.92 Å². The fourth-order valence-electron chi connectivity index (χ4n) is 2.37. The third-order valence-electron chi connectivity index (χ3n) is 3.41. The number of pyridine rings is 1. The van der Waals surface area contributed by atoms with Gasteiger partial charge >= 0.3 is 0 Å². The molecule has 2 rings (SSSR count). The molecule has 1 aromatic rings. The standard InChI is InChI=1S/C13H21N3O/c1-14-9-12-3-2-6-15-13(12)16-7-4-11(10-17)5-8-16/h2-3,6,11,14,17H,4-5,7-10H2,1H3. The van der Waals surface area contributed by atoms with E-state index in [4.69, 9.17) is 5.11 Å². The molecule has 0 spiro atoms. The number of aliphatic hydroxyl groups is 1. The molecule has 1 aliphatic rings. The molecular weight excluding hydrogens is 214 g/mol. The molecule has 0 radical (unpaired) electrons. The summed E-state index contributed by atoms with van der Waals surface area (Å²) < 4.78 is 0. The monoisotopic (exact) mass is 235 g/mol. The first-order valence-electron chi connectivity index (χ1n) is 6.29. The van der Waals surface area contributed by atoms with E-state index in [0.717, 1.165) is 38.3 Å². The maximum atomic E-state index is 9.14. The van der Waals surface area contributed by atoms with E-state index in [-0.39, 0.29) is 0 Å². The fourth-order valence-corrected chi connectivity index (χ4v) is 2.37. The van der Waals surface area contributed by atoms with Crippen molar-refractivity contribution in [1.29, 1.82) is 0 Å². The third-order valence-corrected chi connectivity index (χ3v) is 3.41. The van der Waals surface area contributed by atoms with Crippen molar-refractivity contribution in [2.24, 2.45) is 5.92 Å². The normalized spacial score (nSPS) is 17.4. The molecule has 17 heavy (non-hydrogen) atoms. The Morgan fingerprint density at radius 3 is 2.88 bits per heavy atom. The highest BCUT2D eigenvalue weighted by Gasteiger charge is 2.20. The minimum Gasteiger partial charge on any atom is -0.396 e. The third kappa shape index (κ3) is 2.96. The zero-order valence-electron chi connectivity index (χ0n) is 10.4. The lowest BCUT2D eigenvalue weighted by atomic mass is 9.97. The Morgan fingerprint density at radius 1 is 1.47 bits per heavy atom. The molecule has 0 saturated carbocycles. The molecule has 2 heterocycles. The van der Waals surface area contributed by atoms with Crippen molar-refractivity contribution in [2.45, 2.75) is 19.4 Å². The molecule has 1 saturated heterocycles. The summed E-state index contributed by atoms with van der Waals surface area (Å²) in [5.41, 5.74) is 1.25. The van der Waals surface area contributed by atoms with Crippen LogP contribution >= 0.6 is 0 Å². The van der Waals surface area contributed by atoms with Crippen molar-refractivity contribution >= 4 is 5.82 Å². The fraction of sp³-hybridized carbons (Fsp3) is 0.615. The van der Waals surface area contributed by atoms with Crippen molar-refractivity contribution in [3.63, 3.8) is 0 Å². The van der Waals surface area contributed by atoms with Crippen molar-refractivity contribution in [3.05, 3.63) is 23.9 Å². The number of piperidine rings is 1. The number of anilines is 1. The first kappa shape index (κ1) is 12.3. The lowest BCUT2D eigenvalue weighted by Crippen LogP contribution is -2.36. The van der Waals surface area contributed by atoms with E-state index in [1.54, 1.807) is 0 Å². The largest absolute Gasteiger partial charge is 0.396 e. The van der Waals surface area contributed by atoms with Crippen LogP contribution in [0.5, 0.6) is 0 Å². The molecule has 2 N–H and O–H groups in total. The molecule has 0 aromatic carbocycles. The summed E-state index contributed by atoms with van der Waals surface area (Å²) in [4.78, 5) is 6.83. The van der Waals surface area contributed by atoms with Gasteiger partial charge in [-0.05, 0) is 31.9 Å². The maximum Gasteiger partial charge on any atom is 0.133 e. The van der Waals surface area contributed by atoms with Crippen molar-refractivity contribution in [2.75, 3.05) is 31.6 Å². The Labute approximate surface area is 103 Å². The second kappa shape index (κ2) is 5.98. The van der Waals surface area contributed by atoms with Gasteiger partial charge in [0.1, 0.15) is 5.82 Å². The van der Waals surface area contributed by atoms with Gasteiger partial charge in [-0.2, -0.15) is 0 Å². The SMILES string of the molecule is CNCc1cccnc1N1CCC(CO)CC1. The predicted molar refractivity (Wildman–Crippen MR) is 69.0 cm³/mol. The van der Waals surface area contributed by atoms with Gasteiger partial charge < -0.3 is 15.3 Å². The van der Waals surface area contributed by atoms with Gasteiger partial charge in [-0.25, -0.2) is 4.98 Å². The zero-order valence-corrected chi connectivity index (χ0v) is 10.4. The number of hydrogen-bond donors (Lipinski definition) is 2. The molecule has 4 nitrogen and oxygen atoms in total. The van der Waals surface area contributed by atoms with Crippen molar-refractivity contribution in [1.82, 2.24) is 10.3 Å². The highest BCUT2D eigenvalue weighted by atomic mass is 16.3. The number of nitrogens with one attached hydrogen (secondary N) is 1. The van der Waals surface area contributed by atoms with E-state index in [1.165, 1.54) is 5.56 Å². The molecule has 0 amide bonds. The summed E-state index contributed by atoms with van der Waals surface area (Å²) in [6, 6.07) is 4.10. The molecule has 1 fully saturated rings. The van der Waals surface area contributed by atoms with Gasteiger partial charge in [0, 0.05) is 38.0 Å². The molecule has 0 unspecified atom stereocenters. The lowest BCUT2D eigenvalue weighted by Gasteiger charge is -2.33. The second-order valence-corrected chi connectivity index (χ2v) is 4.63. The van der Waals surface area contributed by atoms with E-state index in [0.29, 0.717) is 12.5 Å². The Balaban J connectivity index is 2.07. The minimum absolute atomic E-state index is 0.319. The Kier molecular flexibility index (Phi) is 4.34. The number of hydrogen-bond acceptors (Lipinski definition) is 4. The van der Waals surface area contributed by atoms with Gasteiger partial charge in [-0.3, -0.25) is 0 Å². The van der Waals surface area contributed by atoms with E-state index in [9.17, 15) is 0 Å². The molecule has 0 atom stereocenters. The average molecular weight is 235 g/mol. The topological polar surface area (TPSA) is 48.4 Å². The second-order valence-electron chi connectivity index (χ2n) is 4.63. The number of aliphatic hydroxyl groups excluding tert-OH is 1. The van der Waals surface area contributed by atoms with E-state index >= 15 is 0 Å². The van der Waals surface area contributed by atoms with Crippen molar-refractivity contribution in [3.8, 4) is 0 Å². The van der Waals surface area contributed by atoms with E-state index in [2.05, 4.69) is 21.3 Å². The van der Waals surface area contributed by atoms with Crippen LogP contribution in [0.4, 0.5) is 5.82 Å². The van der Waals surface area contributed by atoms with Crippen LogP contribution in [0.1, 0.15) is 18.4 Å². The average Bonchev–Trinajstić information content (AvgIpc) is 2.40. The summed E-state index contributed by atoms with van der Waals surface area (Å²) >= 11 is 0. The summed E-state index contributed by atoms with van der Waals surface area (Å²) in [5.74, 6) is 1.57. The molecule has 4 heteroatoms. The molecule has 1 aromatic heterocycles. The van der Waals surface area contributed by atoms with E-state index < -0.39 is 0 Å². The van der Waals surface area contributed by atoms with Crippen LogP contribution in [-0.4, -0.2) is 36.8 Å². The molecule has 0 bridgehead atoms. The van der Waals surface area contributed by atoms with Gasteiger partial charge in [0.15, 0.2) is 0 Å². The molecule has 1 aliphatic heterocycles. The van der Waals surface area contributed by atoms with E-state index in [1.807, 2.05) is 19.3 Å². The van der Waals surface area contributed by atoms with Crippen LogP contribution in [-0.2, 0) is 6.54 Å². The Morgan fingerprint density at radius 2 is 2.24 bits per heavy atom.